The maximum absolute atomic E-state index is 13.2. The fourth-order valence-corrected chi connectivity index (χ4v) is 2.10. The van der Waals surface area contributed by atoms with Crippen molar-refractivity contribution >= 4 is 11.6 Å². The average molecular weight is 312 g/mol. The van der Waals surface area contributed by atoms with E-state index in [1.807, 2.05) is 12.1 Å². The first-order valence-electron chi connectivity index (χ1n) is 6.73. The van der Waals surface area contributed by atoms with Gasteiger partial charge >= 0.3 is 0 Å². The molecule has 2 aromatic carbocycles. The van der Waals surface area contributed by atoms with Crippen molar-refractivity contribution in [2.75, 3.05) is 6.54 Å². The summed E-state index contributed by atoms with van der Waals surface area (Å²) in [4.78, 5) is 0. The van der Waals surface area contributed by atoms with Crippen LogP contribution in [0.15, 0.2) is 36.4 Å². The third kappa shape index (κ3) is 4.16. The van der Waals surface area contributed by atoms with Gasteiger partial charge in [-0.3, -0.25) is 0 Å². The van der Waals surface area contributed by atoms with Crippen molar-refractivity contribution in [3.05, 3.63) is 58.6 Å². The Balaban J connectivity index is 2.23. The summed E-state index contributed by atoms with van der Waals surface area (Å²) in [6.07, 6.45) is 1.01. The molecule has 5 heteroatoms. The second-order valence-electron chi connectivity index (χ2n) is 4.58. The van der Waals surface area contributed by atoms with E-state index in [4.69, 9.17) is 16.3 Å². The zero-order chi connectivity index (χ0) is 15.2. The first-order valence-corrected chi connectivity index (χ1v) is 7.10. The number of benzene rings is 2. The minimum absolute atomic E-state index is 0.207. The summed E-state index contributed by atoms with van der Waals surface area (Å²) in [7, 11) is 0. The van der Waals surface area contributed by atoms with Gasteiger partial charge < -0.3 is 10.1 Å². The third-order valence-corrected chi connectivity index (χ3v) is 3.20. The first kappa shape index (κ1) is 15.7. The van der Waals surface area contributed by atoms with Crippen LogP contribution in [-0.4, -0.2) is 6.54 Å². The molecule has 2 rings (SSSR count). The lowest BCUT2D eigenvalue weighted by atomic mass is 10.2. The van der Waals surface area contributed by atoms with Gasteiger partial charge in [-0.05, 0) is 31.2 Å². The fraction of sp³-hybridized carbons (Fsp3) is 0.250. The van der Waals surface area contributed by atoms with Crippen molar-refractivity contribution in [2.24, 2.45) is 0 Å². The number of nitrogens with one attached hydrogen (secondary N) is 1. The van der Waals surface area contributed by atoms with Gasteiger partial charge in [-0.2, -0.15) is 0 Å². The van der Waals surface area contributed by atoms with Crippen LogP contribution in [0, 0.1) is 11.6 Å². The number of hydrogen-bond acceptors (Lipinski definition) is 2. The van der Waals surface area contributed by atoms with Crippen LogP contribution in [0.5, 0.6) is 11.5 Å². The molecule has 0 aliphatic carbocycles. The Bertz CT molecular complexity index is 619. The normalized spacial score (nSPS) is 10.7. The largest absolute Gasteiger partial charge is 0.455 e. The van der Waals surface area contributed by atoms with E-state index in [-0.39, 0.29) is 5.75 Å². The van der Waals surface area contributed by atoms with Crippen molar-refractivity contribution < 1.29 is 13.5 Å². The van der Waals surface area contributed by atoms with E-state index in [1.54, 1.807) is 6.07 Å². The third-order valence-electron chi connectivity index (χ3n) is 2.90. The highest BCUT2D eigenvalue weighted by Gasteiger charge is 2.11. The monoisotopic (exact) mass is 311 g/mol. The van der Waals surface area contributed by atoms with Crippen LogP contribution < -0.4 is 10.1 Å². The predicted molar refractivity (Wildman–Crippen MR) is 79.9 cm³/mol. The zero-order valence-electron chi connectivity index (χ0n) is 11.6. The highest BCUT2D eigenvalue weighted by molar-refractivity contribution is 6.32. The molecule has 0 saturated carbocycles. The SMILES string of the molecule is CCCNCc1cccc(Cl)c1Oc1ccc(F)c(F)c1. The van der Waals surface area contributed by atoms with Crippen molar-refractivity contribution in [3.8, 4) is 11.5 Å². The van der Waals surface area contributed by atoms with Gasteiger partial charge in [-0.1, -0.05) is 30.7 Å². The number of halogens is 3. The van der Waals surface area contributed by atoms with Gasteiger partial charge in [0, 0.05) is 18.2 Å². The molecule has 0 atom stereocenters. The molecular formula is C16H16ClF2NO. The lowest BCUT2D eigenvalue weighted by Gasteiger charge is -2.13. The number of ether oxygens (including phenoxy) is 1. The van der Waals surface area contributed by atoms with Crippen LogP contribution in [0.3, 0.4) is 0 Å². The molecule has 21 heavy (non-hydrogen) atoms. The number of hydrogen-bond donors (Lipinski definition) is 1. The van der Waals surface area contributed by atoms with E-state index in [9.17, 15) is 8.78 Å². The van der Waals surface area contributed by atoms with Gasteiger partial charge in [0.05, 0.1) is 5.02 Å². The fourth-order valence-electron chi connectivity index (χ4n) is 1.87. The van der Waals surface area contributed by atoms with Crippen molar-refractivity contribution in [1.82, 2.24) is 5.32 Å². The second-order valence-corrected chi connectivity index (χ2v) is 4.99. The van der Waals surface area contributed by atoms with Crippen molar-refractivity contribution in [1.29, 1.82) is 0 Å². The number of para-hydroxylation sites is 1. The Labute approximate surface area is 127 Å². The molecule has 2 aromatic rings. The molecule has 0 heterocycles. The average Bonchev–Trinajstić information content (AvgIpc) is 2.46. The minimum atomic E-state index is -0.954. The van der Waals surface area contributed by atoms with Crippen LogP contribution in [0.2, 0.25) is 5.02 Å². The highest BCUT2D eigenvalue weighted by atomic mass is 35.5. The van der Waals surface area contributed by atoms with Crippen LogP contribution in [0.1, 0.15) is 18.9 Å². The van der Waals surface area contributed by atoms with E-state index < -0.39 is 11.6 Å². The summed E-state index contributed by atoms with van der Waals surface area (Å²) in [6.45, 7) is 3.54. The Morgan fingerprint density at radius 1 is 1.14 bits per heavy atom. The second kappa shape index (κ2) is 7.38. The van der Waals surface area contributed by atoms with Crippen molar-refractivity contribution in [3.63, 3.8) is 0 Å². The molecule has 112 valence electrons. The molecule has 0 aliphatic rings. The topological polar surface area (TPSA) is 21.3 Å². The summed E-state index contributed by atoms with van der Waals surface area (Å²) in [5, 5.41) is 3.68. The van der Waals surface area contributed by atoms with E-state index in [2.05, 4.69) is 12.2 Å². The molecule has 0 aromatic heterocycles. The van der Waals surface area contributed by atoms with Gasteiger partial charge in [-0.15, -0.1) is 0 Å². The molecule has 1 N–H and O–H groups in total. The van der Waals surface area contributed by atoms with Gasteiger partial charge in [0.2, 0.25) is 0 Å². The Kier molecular flexibility index (Phi) is 5.53. The molecule has 0 amide bonds. The van der Waals surface area contributed by atoms with E-state index >= 15 is 0 Å². The van der Waals surface area contributed by atoms with Crippen LogP contribution >= 0.6 is 11.6 Å². The molecular weight excluding hydrogens is 296 g/mol. The molecule has 0 bridgehead atoms. The van der Waals surface area contributed by atoms with E-state index in [1.165, 1.54) is 6.07 Å². The molecule has 0 unspecified atom stereocenters. The molecule has 0 fully saturated rings. The maximum Gasteiger partial charge on any atom is 0.162 e. The van der Waals surface area contributed by atoms with Gasteiger partial charge in [-0.25, -0.2) is 8.78 Å². The number of rotatable bonds is 6. The zero-order valence-corrected chi connectivity index (χ0v) is 12.4. The Morgan fingerprint density at radius 3 is 2.67 bits per heavy atom. The quantitative estimate of drug-likeness (QED) is 0.765. The van der Waals surface area contributed by atoms with Crippen LogP contribution in [0.25, 0.3) is 0 Å². The summed E-state index contributed by atoms with van der Waals surface area (Å²) in [5.41, 5.74) is 0.862. The molecule has 0 radical (unpaired) electrons. The molecule has 0 aliphatic heterocycles. The summed E-state index contributed by atoms with van der Waals surface area (Å²) in [6, 6.07) is 8.79. The standard InChI is InChI=1S/C16H16ClF2NO/c1-2-8-20-10-11-4-3-5-13(17)16(11)21-12-6-7-14(18)15(19)9-12/h3-7,9,20H,2,8,10H2,1H3. The van der Waals surface area contributed by atoms with Gasteiger partial charge in [0.25, 0.3) is 0 Å². The Morgan fingerprint density at radius 2 is 1.95 bits per heavy atom. The molecule has 2 nitrogen and oxygen atoms in total. The highest BCUT2D eigenvalue weighted by Crippen LogP contribution is 2.33. The van der Waals surface area contributed by atoms with Gasteiger partial charge in [0.1, 0.15) is 11.5 Å². The van der Waals surface area contributed by atoms with E-state index in [0.29, 0.717) is 17.3 Å². The molecule has 0 saturated heterocycles. The van der Waals surface area contributed by atoms with Crippen LogP contribution in [-0.2, 0) is 6.54 Å². The van der Waals surface area contributed by atoms with Crippen LogP contribution in [0.4, 0.5) is 8.78 Å². The summed E-state index contributed by atoms with van der Waals surface area (Å²) >= 11 is 6.14. The lowest BCUT2D eigenvalue weighted by molar-refractivity contribution is 0.455. The summed E-state index contributed by atoms with van der Waals surface area (Å²) < 4.78 is 31.8. The maximum atomic E-state index is 13.2. The lowest BCUT2D eigenvalue weighted by Crippen LogP contribution is -2.14. The predicted octanol–water partition coefficient (Wildman–Crippen LogP) is 4.91. The van der Waals surface area contributed by atoms with Crippen molar-refractivity contribution in [2.45, 2.75) is 19.9 Å². The van der Waals surface area contributed by atoms with E-state index in [0.717, 1.165) is 30.7 Å². The molecule has 0 spiro atoms. The first-order chi connectivity index (χ1) is 10.1. The summed E-state index contributed by atoms with van der Waals surface area (Å²) in [5.74, 6) is -1.20. The smallest absolute Gasteiger partial charge is 0.162 e. The minimum Gasteiger partial charge on any atom is -0.455 e. The Hall–Kier alpha value is -1.65. The van der Waals surface area contributed by atoms with Gasteiger partial charge in [0.15, 0.2) is 11.6 Å².